The first-order valence-electron chi connectivity index (χ1n) is 5.73. The second-order valence-corrected chi connectivity index (χ2v) is 4.80. The molecule has 2 unspecified atom stereocenters. The van der Waals surface area contributed by atoms with Crippen molar-refractivity contribution in [1.82, 2.24) is 0 Å². The molecule has 0 spiro atoms. The van der Waals surface area contributed by atoms with Crippen LogP contribution in [-0.2, 0) is 0 Å². The minimum atomic E-state index is -0.308. The van der Waals surface area contributed by atoms with Gasteiger partial charge in [0, 0.05) is 18.3 Å². The van der Waals surface area contributed by atoms with Gasteiger partial charge in [0.2, 0.25) is 0 Å². The van der Waals surface area contributed by atoms with Gasteiger partial charge in [-0.05, 0) is 43.4 Å². The van der Waals surface area contributed by atoms with Crippen molar-refractivity contribution in [2.75, 3.05) is 11.4 Å². The highest BCUT2D eigenvalue weighted by molar-refractivity contribution is 5.54. The van der Waals surface area contributed by atoms with Gasteiger partial charge in [-0.15, -0.1) is 0 Å². The first-order valence-corrected chi connectivity index (χ1v) is 5.73. The zero-order valence-electron chi connectivity index (χ0n) is 8.99. The summed E-state index contributed by atoms with van der Waals surface area (Å²) in [7, 11) is 0. The van der Waals surface area contributed by atoms with E-state index in [4.69, 9.17) is 5.26 Å². The van der Waals surface area contributed by atoms with Crippen LogP contribution in [0.25, 0.3) is 0 Å². The number of fused-ring (bicyclic) bond motifs is 2. The van der Waals surface area contributed by atoms with Crippen molar-refractivity contribution in [2.24, 2.45) is 5.92 Å². The zero-order valence-corrected chi connectivity index (χ0v) is 8.99. The van der Waals surface area contributed by atoms with Crippen LogP contribution >= 0.6 is 0 Å². The lowest BCUT2D eigenvalue weighted by atomic mass is 10.1. The number of nitrogens with zero attached hydrogens (tertiary/aromatic N) is 2. The number of piperidine rings is 1. The molecule has 3 heteroatoms. The first-order chi connectivity index (χ1) is 7.76. The Hall–Kier alpha value is -1.56. The van der Waals surface area contributed by atoms with Gasteiger partial charge in [-0.1, -0.05) is 0 Å². The summed E-state index contributed by atoms with van der Waals surface area (Å²) in [5.74, 6) is 0.468. The molecule has 2 nitrogen and oxygen atoms in total. The highest BCUT2D eigenvalue weighted by Gasteiger charge is 2.37. The molecule has 1 aliphatic heterocycles. The van der Waals surface area contributed by atoms with E-state index in [0.717, 1.165) is 18.2 Å². The summed E-state index contributed by atoms with van der Waals surface area (Å²) in [6, 6.07) is 7.21. The Balaban J connectivity index is 1.95. The van der Waals surface area contributed by atoms with E-state index in [-0.39, 0.29) is 5.82 Å². The third-order valence-electron chi connectivity index (χ3n) is 3.75. The van der Waals surface area contributed by atoms with Crippen LogP contribution in [0.1, 0.15) is 24.8 Å². The molecular weight excluding hydrogens is 203 g/mol. The number of hydrogen-bond acceptors (Lipinski definition) is 2. The number of benzene rings is 1. The molecule has 0 radical (unpaired) electrons. The topological polar surface area (TPSA) is 27.0 Å². The van der Waals surface area contributed by atoms with Crippen LogP contribution in [0.2, 0.25) is 0 Å². The Labute approximate surface area is 94.3 Å². The van der Waals surface area contributed by atoms with E-state index >= 15 is 0 Å². The SMILES string of the molecule is N#Cc1cc(F)cc(N2CC3CCC2C3)c1. The fourth-order valence-corrected chi connectivity index (χ4v) is 3.05. The molecule has 82 valence electrons. The van der Waals surface area contributed by atoms with Gasteiger partial charge in [0.15, 0.2) is 0 Å². The van der Waals surface area contributed by atoms with E-state index in [2.05, 4.69) is 4.90 Å². The van der Waals surface area contributed by atoms with Crippen molar-refractivity contribution >= 4 is 5.69 Å². The van der Waals surface area contributed by atoms with Crippen LogP contribution in [-0.4, -0.2) is 12.6 Å². The normalized spacial score (nSPS) is 27.1. The van der Waals surface area contributed by atoms with Crippen molar-refractivity contribution in [3.8, 4) is 6.07 Å². The van der Waals surface area contributed by atoms with E-state index in [1.165, 1.54) is 25.3 Å². The van der Waals surface area contributed by atoms with Crippen LogP contribution in [0.3, 0.4) is 0 Å². The molecule has 1 saturated carbocycles. The van der Waals surface area contributed by atoms with Crippen LogP contribution in [0, 0.1) is 23.1 Å². The molecule has 2 bridgehead atoms. The number of anilines is 1. The predicted octanol–water partition coefficient (Wildman–Crippen LogP) is 2.69. The largest absolute Gasteiger partial charge is 0.368 e. The molecule has 2 fully saturated rings. The molecule has 1 aromatic rings. The second-order valence-electron chi connectivity index (χ2n) is 4.80. The number of nitriles is 1. The molecule has 2 atom stereocenters. The minimum absolute atomic E-state index is 0.308. The summed E-state index contributed by atoms with van der Waals surface area (Å²) < 4.78 is 13.3. The average molecular weight is 216 g/mol. The van der Waals surface area contributed by atoms with Gasteiger partial charge in [-0.2, -0.15) is 5.26 Å². The molecule has 1 aromatic carbocycles. The van der Waals surface area contributed by atoms with Gasteiger partial charge in [-0.3, -0.25) is 0 Å². The monoisotopic (exact) mass is 216 g/mol. The van der Waals surface area contributed by atoms with Crippen molar-refractivity contribution in [3.05, 3.63) is 29.6 Å². The molecule has 0 amide bonds. The first kappa shape index (κ1) is 9.65. The summed E-state index contributed by atoms with van der Waals surface area (Å²) >= 11 is 0. The molecule has 2 aliphatic rings. The summed E-state index contributed by atoms with van der Waals surface area (Å²) in [6.45, 7) is 1.03. The van der Waals surface area contributed by atoms with E-state index in [9.17, 15) is 4.39 Å². The van der Waals surface area contributed by atoms with E-state index < -0.39 is 0 Å². The summed E-state index contributed by atoms with van der Waals surface area (Å²) in [6.07, 6.45) is 3.75. The van der Waals surface area contributed by atoms with Crippen LogP contribution in [0.15, 0.2) is 18.2 Å². The summed E-state index contributed by atoms with van der Waals surface area (Å²) in [4.78, 5) is 2.26. The number of hydrogen-bond donors (Lipinski definition) is 0. The Bertz CT molecular complexity index is 463. The quantitative estimate of drug-likeness (QED) is 0.721. The summed E-state index contributed by atoms with van der Waals surface area (Å²) in [5.41, 5.74) is 1.29. The van der Waals surface area contributed by atoms with E-state index in [0.29, 0.717) is 11.6 Å². The van der Waals surface area contributed by atoms with Crippen LogP contribution < -0.4 is 4.90 Å². The maximum absolute atomic E-state index is 13.3. The standard InChI is InChI=1S/C13H13FN2/c14-11-3-10(7-15)5-13(6-11)16-8-9-1-2-12(16)4-9/h3,5-6,9,12H,1-2,4,8H2. The van der Waals surface area contributed by atoms with Gasteiger partial charge >= 0.3 is 0 Å². The molecule has 1 heterocycles. The Morgan fingerprint density at radius 2 is 2.19 bits per heavy atom. The maximum atomic E-state index is 13.3. The summed E-state index contributed by atoms with van der Waals surface area (Å²) in [5, 5.41) is 8.83. The van der Waals surface area contributed by atoms with Crippen LogP contribution in [0.4, 0.5) is 10.1 Å². The van der Waals surface area contributed by atoms with E-state index in [1.54, 1.807) is 12.1 Å². The minimum Gasteiger partial charge on any atom is -0.368 e. The molecule has 16 heavy (non-hydrogen) atoms. The lowest BCUT2D eigenvalue weighted by Gasteiger charge is -2.29. The van der Waals surface area contributed by atoms with Crippen molar-refractivity contribution in [3.63, 3.8) is 0 Å². The highest BCUT2D eigenvalue weighted by Crippen LogP contribution is 2.40. The third-order valence-corrected chi connectivity index (χ3v) is 3.75. The molecule has 0 N–H and O–H groups in total. The number of rotatable bonds is 1. The smallest absolute Gasteiger partial charge is 0.126 e. The Kier molecular flexibility index (Phi) is 2.10. The van der Waals surface area contributed by atoms with E-state index in [1.807, 2.05) is 6.07 Å². The van der Waals surface area contributed by atoms with Crippen molar-refractivity contribution in [2.45, 2.75) is 25.3 Å². The predicted molar refractivity (Wildman–Crippen MR) is 59.6 cm³/mol. The van der Waals surface area contributed by atoms with Crippen molar-refractivity contribution < 1.29 is 4.39 Å². The van der Waals surface area contributed by atoms with Gasteiger partial charge in [0.05, 0.1) is 11.6 Å². The molecule has 3 rings (SSSR count). The van der Waals surface area contributed by atoms with Crippen LogP contribution in [0.5, 0.6) is 0 Å². The van der Waals surface area contributed by atoms with Crippen molar-refractivity contribution in [1.29, 1.82) is 5.26 Å². The molecule has 0 aromatic heterocycles. The highest BCUT2D eigenvalue weighted by atomic mass is 19.1. The second kappa shape index (κ2) is 3.48. The fourth-order valence-electron chi connectivity index (χ4n) is 3.05. The molecular formula is C13H13FN2. The zero-order chi connectivity index (χ0) is 11.1. The lowest BCUT2D eigenvalue weighted by molar-refractivity contribution is 0.551. The maximum Gasteiger partial charge on any atom is 0.126 e. The molecule has 1 aliphatic carbocycles. The number of halogens is 1. The fraction of sp³-hybridized carbons (Fsp3) is 0.462. The van der Waals surface area contributed by atoms with Gasteiger partial charge in [-0.25, -0.2) is 4.39 Å². The average Bonchev–Trinajstić information content (AvgIpc) is 2.89. The van der Waals surface area contributed by atoms with Gasteiger partial charge in [0.25, 0.3) is 0 Å². The van der Waals surface area contributed by atoms with Gasteiger partial charge < -0.3 is 4.90 Å². The third kappa shape index (κ3) is 1.46. The lowest BCUT2D eigenvalue weighted by Crippen LogP contribution is -2.31. The van der Waals surface area contributed by atoms with Gasteiger partial charge in [0.1, 0.15) is 5.82 Å². The Morgan fingerprint density at radius 3 is 2.81 bits per heavy atom. The molecule has 1 saturated heterocycles. The Morgan fingerprint density at radius 1 is 1.31 bits per heavy atom.